The molecule has 0 aliphatic carbocycles. The molecule has 6 nitrogen and oxygen atoms in total. The van der Waals surface area contributed by atoms with Crippen LogP contribution in [0.3, 0.4) is 0 Å². The zero-order chi connectivity index (χ0) is 20.5. The summed E-state index contributed by atoms with van der Waals surface area (Å²) in [7, 11) is 1.77. The van der Waals surface area contributed by atoms with Gasteiger partial charge in [-0.15, -0.1) is 35.3 Å². The van der Waals surface area contributed by atoms with Gasteiger partial charge in [0, 0.05) is 30.7 Å². The van der Waals surface area contributed by atoms with Crippen molar-refractivity contribution in [2.75, 3.05) is 13.7 Å². The molecule has 0 spiro atoms. The lowest BCUT2D eigenvalue weighted by molar-refractivity contribution is 0.319. The van der Waals surface area contributed by atoms with E-state index in [0.717, 1.165) is 18.1 Å². The molecular weight excluding hydrogens is 511 g/mol. The third-order valence-corrected chi connectivity index (χ3v) is 5.25. The highest BCUT2D eigenvalue weighted by molar-refractivity contribution is 14.0. The van der Waals surface area contributed by atoms with E-state index < -0.39 is 0 Å². The van der Waals surface area contributed by atoms with Crippen molar-refractivity contribution >= 4 is 41.3 Å². The van der Waals surface area contributed by atoms with Gasteiger partial charge in [-0.2, -0.15) is 0 Å². The van der Waals surface area contributed by atoms with E-state index >= 15 is 0 Å². The van der Waals surface area contributed by atoms with Gasteiger partial charge in [0.25, 0.3) is 0 Å². The lowest BCUT2D eigenvalue weighted by Gasteiger charge is -2.12. The van der Waals surface area contributed by atoms with Crippen molar-refractivity contribution < 1.29 is 9.47 Å². The number of ether oxygens (including phenoxy) is 2. The molecule has 0 bridgehead atoms. The monoisotopic (exact) mass is 538 g/mol. The lowest BCUT2D eigenvalue weighted by Crippen LogP contribution is -2.36. The van der Waals surface area contributed by atoms with Crippen LogP contribution >= 0.6 is 35.3 Å². The minimum absolute atomic E-state index is 0. The first kappa shape index (κ1) is 23.9. The summed E-state index contributed by atoms with van der Waals surface area (Å²) in [5.41, 5.74) is 2.33. The standard InChI is InChI=1S/C22H26N4O2S.HI/c1-4-27-18-7-5-6-8-19(18)28-21-10-9-17(13-24-21)14-25-22(23-3)26-15-20-16(2)11-12-29-20;/h5-13H,4,14-15H2,1-3H3,(H2,23,25,26);1H. The topological polar surface area (TPSA) is 67.8 Å². The molecule has 0 saturated heterocycles. The number of rotatable bonds is 8. The minimum atomic E-state index is 0. The van der Waals surface area contributed by atoms with Gasteiger partial charge in [-0.25, -0.2) is 4.98 Å². The summed E-state index contributed by atoms with van der Waals surface area (Å²) in [6.45, 7) is 6.02. The summed E-state index contributed by atoms with van der Waals surface area (Å²) >= 11 is 1.74. The summed E-state index contributed by atoms with van der Waals surface area (Å²) < 4.78 is 11.4. The van der Waals surface area contributed by atoms with Gasteiger partial charge in [-0.1, -0.05) is 18.2 Å². The number of hydrogen-bond donors (Lipinski definition) is 2. The molecule has 0 radical (unpaired) electrons. The average Bonchev–Trinajstić information content (AvgIpc) is 3.16. The maximum Gasteiger partial charge on any atom is 0.219 e. The Hall–Kier alpha value is -2.33. The Bertz CT molecular complexity index is 944. The van der Waals surface area contributed by atoms with Crippen molar-refractivity contribution in [3.8, 4) is 17.4 Å². The Labute approximate surface area is 198 Å². The minimum Gasteiger partial charge on any atom is -0.490 e. The van der Waals surface area contributed by atoms with Gasteiger partial charge in [0.1, 0.15) is 0 Å². The average molecular weight is 538 g/mol. The number of aromatic nitrogens is 1. The first-order chi connectivity index (χ1) is 14.2. The van der Waals surface area contributed by atoms with Crippen molar-refractivity contribution in [2.24, 2.45) is 4.99 Å². The quantitative estimate of drug-likeness (QED) is 0.237. The number of guanidine groups is 1. The van der Waals surface area contributed by atoms with Crippen molar-refractivity contribution in [2.45, 2.75) is 26.9 Å². The van der Waals surface area contributed by atoms with Crippen molar-refractivity contribution in [1.82, 2.24) is 15.6 Å². The van der Waals surface area contributed by atoms with Crippen LogP contribution in [0.15, 0.2) is 59.0 Å². The molecule has 0 unspecified atom stereocenters. The van der Waals surface area contributed by atoms with Gasteiger partial charge < -0.3 is 20.1 Å². The predicted molar refractivity (Wildman–Crippen MR) is 133 cm³/mol. The van der Waals surface area contributed by atoms with Crippen LogP contribution in [0.5, 0.6) is 17.4 Å². The summed E-state index contributed by atoms with van der Waals surface area (Å²) in [6, 6.07) is 13.5. The fourth-order valence-electron chi connectivity index (χ4n) is 2.65. The first-order valence-corrected chi connectivity index (χ1v) is 10.4. The number of aryl methyl sites for hydroxylation is 1. The van der Waals surface area contributed by atoms with E-state index in [9.17, 15) is 0 Å². The molecule has 0 fully saturated rings. The zero-order valence-corrected chi connectivity index (χ0v) is 20.5. The van der Waals surface area contributed by atoms with Gasteiger partial charge in [0.15, 0.2) is 17.5 Å². The maximum absolute atomic E-state index is 5.86. The van der Waals surface area contributed by atoms with Crippen LogP contribution in [0.4, 0.5) is 0 Å². The smallest absolute Gasteiger partial charge is 0.219 e. The van der Waals surface area contributed by atoms with Gasteiger partial charge >= 0.3 is 0 Å². The number of benzene rings is 1. The molecule has 0 aliphatic heterocycles. The fraction of sp³-hybridized carbons (Fsp3) is 0.273. The van der Waals surface area contributed by atoms with Crippen LogP contribution in [0.2, 0.25) is 0 Å². The maximum atomic E-state index is 5.86. The molecule has 0 amide bonds. The van der Waals surface area contributed by atoms with Crippen LogP contribution in [0.25, 0.3) is 0 Å². The fourth-order valence-corrected chi connectivity index (χ4v) is 3.50. The van der Waals surface area contributed by atoms with Crippen LogP contribution in [-0.4, -0.2) is 24.6 Å². The van der Waals surface area contributed by atoms with Crippen molar-refractivity contribution in [3.05, 3.63) is 70.0 Å². The Kier molecular flexibility index (Phi) is 9.88. The Morgan fingerprint density at radius 1 is 1.07 bits per heavy atom. The molecule has 1 aromatic carbocycles. The molecule has 3 aromatic rings. The number of hydrogen-bond acceptors (Lipinski definition) is 5. The molecule has 2 N–H and O–H groups in total. The third-order valence-electron chi connectivity index (χ3n) is 4.23. The molecular formula is C22H27IN4O2S. The van der Waals surface area contributed by atoms with E-state index in [-0.39, 0.29) is 24.0 Å². The van der Waals surface area contributed by atoms with Crippen molar-refractivity contribution in [1.29, 1.82) is 0 Å². The van der Waals surface area contributed by atoms with Crippen LogP contribution in [-0.2, 0) is 13.1 Å². The molecule has 0 aliphatic rings. The Morgan fingerprint density at radius 3 is 2.47 bits per heavy atom. The van der Waals surface area contributed by atoms with E-state index in [1.165, 1.54) is 10.4 Å². The number of pyridine rings is 1. The second kappa shape index (κ2) is 12.4. The van der Waals surface area contributed by atoms with Gasteiger partial charge in [0.2, 0.25) is 5.88 Å². The van der Waals surface area contributed by atoms with E-state index in [2.05, 4.69) is 39.0 Å². The number of nitrogens with one attached hydrogen (secondary N) is 2. The van der Waals surface area contributed by atoms with E-state index in [1.54, 1.807) is 24.6 Å². The molecule has 0 atom stereocenters. The molecule has 3 rings (SSSR count). The SMILES string of the molecule is CCOc1ccccc1Oc1ccc(CNC(=NC)NCc2sccc2C)cn1.I. The molecule has 0 saturated carbocycles. The van der Waals surface area contributed by atoms with E-state index in [1.807, 2.05) is 43.3 Å². The highest BCUT2D eigenvalue weighted by Gasteiger charge is 2.07. The number of halogens is 1. The number of aliphatic imine (C=N–C) groups is 1. The first-order valence-electron chi connectivity index (χ1n) is 9.51. The van der Waals surface area contributed by atoms with Crippen LogP contribution in [0, 0.1) is 6.92 Å². The van der Waals surface area contributed by atoms with Gasteiger partial charge in [-0.05, 0) is 48.6 Å². The Morgan fingerprint density at radius 2 is 1.83 bits per heavy atom. The lowest BCUT2D eigenvalue weighted by atomic mass is 10.3. The molecule has 160 valence electrons. The second-order valence-electron chi connectivity index (χ2n) is 6.29. The van der Waals surface area contributed by atoms with Gasteiger partial charge in [0.05, 0.1) is 13.2 Å². The highest BCUT2D eigenvalue weighted by Crippen LogP contribution is 2.30. The molecule has 30 heavy (non-hydrogen) atoms. The van der Waals surface area contributed by atoms with Gasteiger partial charge in [-0.3, -0.25) is 4.99 Å². The Balaban J connectivity index is 0.00000320. The van der Waals surface area contributed by atoms with Crippen LogP contribution in [0.1, 0.15) is 22.9 Å². The largest absolute Gasteiger partial charge is 0.490 e. The summed E-state index contributed by atoms with van der Waals surface area (Å²) in [5, 5.41) is 8.74. The molecule has 2 heterocycles. The van der Waals surface area contributed by atoms with Crippen LogP contribution < -0.4 is 20.1 Å². The number of nitrogens with zero attached hydrogens (tertiary/aromatic N) is 2. The van der Waals surface area contributed by atoms with E-state index in [4.69, 9.17) is 9.47 Å². The second-order valence-corrected chi connectivity index (χ2v) is 7.29. The number of para-hydroxylation sites is 2. The molecule has 8 heteroatoms. The zero-order valence-electron chi connectivity index (χ0n) is 17.3. The highest BCUT2D eigenvalue weighted by atomic mass is 127. The molecule has 2 aromatic heterocycles. The number of thiophene rings is 1. The third kappa shape index (κ3) is 6.88. The summed E-state index contributed by atoms with van der Waals surface area (Å²) in [4.78, 5) is 9.98. The summed E-state index contributed by atoms with van der Waals surface area (Å²) in [6.07, 6.45) is 1.79. The normalized spacial score (nSPS) is 10.8. The summed E-state index contributed by atoms with van der Waals surface area (Å²) in [5.74, 6) is 2.64. The van der Waals surface area contributed by atoms with E-state index in [0.29, 0.717) is 30.5 Å². The van der Waals surface area contributed by atoms with Crippen molar-refractivity contribution in [3.63, 3.8) is 0 Å². The predicted octanol–water partition coefficient (Wildman–Crippen LogP) is 5.13.